The number of hydrogen-bond donors (Lipinski definition) is 1. The number of hydrogen-bond acceptors (Lipinski definition) is 2. The molecule has 2 heteroatoms. The van der Waals surface area contributed by atoms with Gasteiger partial charge in [0.2, 0.25) is 0 Å². The normalized spacial score (nSPS) is 12.1. The zero-order chi connectivity index (χ0) is 12.6. The van der Waals surface area contributed by atoms with E-state index in [4.69, 9.17) is 5.73 Å². The average molecular weight is 228 g/mol. The largest absolute Gasteiger partial charge is 0.326 e. The van der Waals surface area contributed by atoms with Gasteiger partial charge in [-0.2, -0.15) is 0 Å². The van der Waals surface area contributed by atoms with Crippen molar-refractivity contribution in [2.45, 2.75) is 39.7 Å². The van der Waals surface area contributed by atoms with Crippen LogP contribution >= 0.6 is 0 Å². The molecule has 0 saturated heterocycles. The predicted molar refractivity (Wildman–Crippen MR) is 73.1 cm³/mol. The molecular weight excluding hydrogens is 208 g/mol. The van der Waals surface area contributed by atoms with Crippen LogP contribution in [-0.4, -0.2) is 4.98 Å². The Labute approximate surface area is 103 Å². The molecule has 0 spiro atoms. The highest BCUT2D eigenvalue weighted by molar-refractivity contribution is 5.86. The van der Waals surface area contributed by atoms with Gasteiger partial charge in [-0.1, -0.05) is 39.0 Å². The van der Waals surface area contributed by atoms with Crippen LogP contribution in [0.2, 0.25) is 0 Å². The van der Waals surface area contributed by atoms with Gasteiger partial charge in [-0.3, -0.25) is 4.98 Å². The maximum absolute atomic E-state index is 5.84. The summed E-state index contributed by atoms with van der Waals surface area (Å²) in [5.41, 5.74) is 10.7. The molecule has 0 saturated carbocycles. The van der Waals surface area contributed by atoms with Crippen LogP contribution in [0.4, 0.5) is 0 Å². The summed E-state index contributed by atoms with van der Waals surface area (Å²) in [6.45, 7) is 9.32. The Hall–Kier alpha value is -1.41. The number of nitrogens with zero attached hydrogens (tertiary/aromatic N) is 1. The van der Waals surface area contributed by atoms with Gasteiger partial charge in [0.1, 0.15) is 0 Å². The predicted octanol–water partition coefficient (Wildman–Crippen LogP) is 3.30. The van der Waals surface area contributed by atoms with Gasteiger partial charge in [-0.05, 0) is 29.0 Å². The molecule has 0 bridgehead atoms. The molecule has 2 nitrogen and oxygen atoms in total. The van der Waals surface area contributed by atoms with E-state index in [2.05, 4.69) is 50.9 Å². The lowest BCUT2D eigenvalue weighted by Gasteiger charge is -2.24. The minimum absolute atomic E-state index is 0.0870. The van der Waals surface area contributed by atoms with Gasteiger partial charge in [0.15, 0.2) is 0 Å². The maximum Gasteiger partial charge on any atom is 0.0734 e. The molecule has 0 fully saturated rings. The average Bonchev–Trinajstić information content (AvgIpc) is 2.26. The number of benzene rings is 1. The quantitative estimate of drug-likeness (QED) is 0.813. The third kappa shape index (κ3) is 2.05. The molecule has 1 heterocycles. The smallest absolute Gasteiger partial charge is 0.0734 e. The highest BCUT2D eigenvalue weighted by Gasteiger charge is 2.21. The number of rotatable bonds is 1. The number of pyridine rings is 1. The van der Waals surface area contributed by atoms with Crippen LogP contribution in [0.15, 0.2) is 24.4 Å². The number of para-hydroxylation sites is 1. The van der Waals surface area contributed by atoms with Gasteiger partial charge in [-0.15, -0.1) is 0 Å². The highest BCUT2D eigenvalue weighted by Crippen LogP contribution is 2.32. The van der Waals surface area contributed by atoms with Crippen LogP contribution in [0, 0.1) is 6.92 Å². The van der Waals surface area contributed by atoms with Crippen LogP contribution < -0.4 is 5.73 Å². The number of aromatic nitrogens is 1. The second kappa shape index (κ2) is 4.11. The first-order valence-corrected chi connectivity index (χ1v) is 6.03. The molecule has 2 N–H and O–H groups in total. The minimum atomic E-state index is 0.0870. The molecule has 1 aromatic heterocycles. The van der Waals surface area contributed by atoms with Crippen LogP contribution in [-0.2, 0) is 12.0 Å². The van der Waals surface area contributed by atoms with E-state index in [9.17, 15) is 0 Å². The maximum atomic E-state index is 5.84. The molecule has 0 aliphatic rings. The standard InChI is InChI=1S/C15H20N2/c1-10-6-5-7-12-13(15(2,3)4)11(8-16)9-17-14(10)12/h5-7,9H,8,16H2,1-4H3. The van der Waals surface area contributed by atoms with Crippen molar-refractivity contribution >= 4 is 10.9 Å². The minimum Gasteiger partial charge on any atom is -0.326 e. The summed E-state index contributed by atoms with van der Waals surface area (Å²) in [4.78, 5) is 4.55. The van der Waals surface area contributed by atoms with E-state index >= 15 is 0 Å². The van der Waals surface area contributed by atoms with Crippen molar-refractivity contribution in [2.75, 3.05) is 0 Å². The first kappa shape index (κ1) is 12.1. The molecule has 0 amide bonds. The van der Waals surface area contributed by atoms with Crippen molar-refractivity contribution in [3.63, 3.8) is 0 Å². The summed E-state index contributed by atoms with van der Waals surface area (Å²) in [6, 6.07) is 6.34. The summed E-state index contributed by atoms with van der Waals surface area (Å²) in [6.07, 6.45) is 1.93. The molecule has 0 radical (unpaired) electrons. The van der Waals surface area contributed by atoms with Crippen molar-refractivity contribution < 1.29 is 0 Å². The highest BCUT2D eigenvalue weighted by atomic mass is 14.7. The van der Waals surface area contributed by atoms with Gasteiger partial charge in [0, 0.05) is 18.1 Å². The van der Waals surface area contributed by atoms with Crippen LogP contribution in [0.1, 0.15) is 37.5 Å². The lowest BCUT2D eigenvalue weighted by atomic mass is 9.81. The van der Waals surface area contributed by atoms with Crippen molar-refractivity contribution in [1.29, 1.82) is 0 Å². The second-order valence-corrected chi connectivity index (χ2v) is 5.58. The molecule has 0 aliphatic carbocycles. The Balaban J connectivity index is 2.89. The first-order chi connectivity index (χ1) is 7.95. The fourth-order valence-corrected chi connectivity index (χ4v) is 2.45. The Morgan fingerprint density at radius 3 is 2.53 bits per heavy atom. The fraction of sp³-hybridized carbons (Fsp3) is 0.400. The topological polar surface area (TPSA) is 38.9 Å². The van der Waals surface area contributed by atoms with Gasteiger partial charge in [0.05, 0.1) is 5.52 Å². The van der Waals surface area contributed by atoms with E-state index in [1.165, 1.54) is 16.5 Å². The lowest BCUT2D eigenvalue weighted by Crippen LogP contribution is -2.17. The number of aryl methyl sites for hydroxylation is 1. The van der Waals surface area contributed by atoms with Crippen molar-refractivity contribution in [3.8, 4) is 0 Å². The third-order valence-corrected chi connectivity index (χ3v) is 3.15. The number of fused-ring (bicyclic) bond motifs is 1. The van der Waals surface area contributed by atoms with Crippen molar-refractivity contribution in [2.24, 2.45) is 5.73 Å². The molecule has 2 rings (SSSR count). The third-order valence-electron chi connectivity index (χ3n) is 3.15. The molecule has 90 valence electrons. The van der Waals surface area contributed by atoms with Gasteiger partial charge in [0.25, 0.3) is 0 Å². The molecular formula is C15H20N2. The first-order valence-electron chi connectivity index (χ1n) is 6.03. The van der Waals surface area contributed by atoms with Gasteiger partial charge >= 0.3 is 0 Å². The van der Waals surface area contributed by atoms with E-state index in [-0.39, 0.29) is 5.41 Å². The monoisotopic (exact) mass is 228 g/mol. The molecule has 1 aromatic carbocycles. The van der Waals surface area contributed by atoms with Crippen molar-refractivity contribution in [1.82, 2.24) is 4.98 Å². The van der Waals surface area contributed by atoms with Gasteiger partial charge < -0.3 is 5.73 Å². The number of nitrogens with two attached hydrogens (primary N) is 1. The second-order valence-electron chi connectivity index (χ2n) is 5.58. The SMILES string of the molecule is Cc1cccc2c(C(C)(C)C)c(CN)cnc12. The van der Waals surface area contributed by atoms with E-state index in [1.54, 1.807) is 0 Å². The summed E-state index contributed by atoms with van der Waals surface area (Å²) in [5.74, 6) is 0. The van der Waals surface area contributed by atoms with Gasteiger partial charge in [-0.25, -0.2) is 0 Å². The van der Waals surface area contributed by atoms with Crippen LogP contribution in [0.5, 0.6) is 0 Å². The molecule has 0 aliphatic heterocycles. The molecule has 0 atom stereocenters. The molecule has 0 unspecified atom stereocenters. The van der Waals surface area contributed by atoms with Crippen LogP contribution in [0.3, 0.4) is 0 Å². The Kier molecular flexibility index (Phi) is 2.92. The van der Waals surface area contributed by atoms with E-state index in [0.717, 1.165) is 11.1 Å². The van der Waals surface area contributed by atoms with E-state index in [0.29, 0.717) is 6.54 Å². The Bertz CT molecular complexity index is 551. The van der Waals surface area contributed by atoms with E-state index in [1.807, 2.05) is 6.20 Å². The molecule has 2 aromatic rings. The van der Waals surface area contributed by atoms with Crippen molar-refractivity contribution in [3.05, 3.63) is 41.1 Å². The van der Waals surface area contributed by atoms with E-state index < -0.39 is 0 Å². The lowest BCUT2D eigenvalue weighted by molar-refractivity contribution is 0.587. The fourth-order valence-electron chi connectivity index (χ4n) is 2.45. The molecule has 17 heavy (non-hydrogen) atoms. The summed E-state index contributed by atoms with van der Waals surface area (Å²) in [5, 5.41) is 1.24. The Morgan fingerprint density at radius 1 is 1.24 bits per heavy atom. The summed E-state index contributed by atoms with van der Waals surface area (Å²) in [7, 11) is 0. The zero-order valence-electron chi connectivity index (χ0n) is 11.0. The Morgan fingerprint density at radius 2 is 1.94 bits per heavy atom. The summed E-state index contributed by atoms with van der Waals surface area (Å²) < 4.78 is 0. The zero-order valence-corrected chi connectivity index (χ0v) is 11.0. The van der Waals surface area contributed by atoms with Crippen LogP contribution in [0.25, 0.3) is 10.9 Å². The summed E-state index contributed by atoms with van der Waals surface area (Å²) >= 11 is 0.